The van der Waals surface area contributed by atoms with Crippen LogP contribution in [0.25, 0.3) is 22.7 Å². The Morgan fingerprint density at radius 1 is 1.06 bits per heavy atom. The topological polar surface area (TPSA) is 112 Å². The maximum atomic E-state index is 12.5. The number of pyridine rings is 1. The smallest absolute Gasteiger partial charge is 0.336 e. The number of aromatic amines is 1. The molecule has 0 fully saturated rings. The van der Waals surface area contributed by atoms with Gasteiger partial charge in [-0.2, -0.15) is 0 Å². The van der Waals surface area contributed by atoms with Crippen LogP contribution < -0.4 is 4.72 Å². The second-order valence-electron chi connectivity index (χ2n) is 6.94. The first-order valence-electron chi connectivity index (χ1n) is 9.43. The van der Waals surface area contributed by atoms with Gasteiger partial charge < -0.3 is 10.1 Å². The molecule has 0 radical (unpaired) electrons. The molecule has 0 aliphatic heterocycles. The van der Waals surface area contributed by atoms with Gasteiger partial charge in [-0.1, -0.05) is 60.7 Å². The Morgan fingerprint density at radius 2 is 1.74 bits per heavy atom. The highest BCUT2D eigenvalue weighted by molar-refractivity contribution is 7.91. The number of hydrogen-bond donors (Lipinski definition) is 3. The van der Waals surface area contributed by atoms with E-state index in [9.17, 15) is 18.3 Å². The van der Waals surface area contributed by atoms with Crippen molar-refractivity contribution in [2.45, 2.75) is 5.75 Å². The van der Waals surface area contributed by atoms with Gasteiger partial charge in [0.2, 0.25) is 10.0 Å². The van der Waals surface area contributed by atoms with Crippen molar-refractivity contribution in [1.82, 2.24) is 9.97 Å². The van der Waals surface area contributed by atoms with E-state index in [0.717, 1.165) is 0 Å². The van der Waals surface area contributed by atoms with Crippen molar-refractivity contribution in [2.75, 3.05) is 4.72 Å². The number of rotatable bonds is 7. The van der Waals surface area contributed by atoms with Crippen LogP contribution in [-0.4, -0.2) is 29.5 Å². The number of anilines is 1. The van der Waals surface area contributed by atoms with Gasteiger partial charge >= 0.3 is 5.97 Å². The second kappa shape index (κ2) is 8.45. The molecule has 0 aliphatic carbocycles. The zero-order valence-electron chi connectivity index (χ0n) is 16.3. The molecule has 3 N–H and O–H groups in total. The molecule has 2 aromatic heterocycles. The fourth-order valence-electron chi connectivity index (χ4n) is 3.25. The Labute approximate surface area is 179 Å². The van der Waals surface area contributed by atoms with Crippen molar-refractivity contribution >= 4 is 44.4 Å². The summed E-state index contributed by atoms with van der Waals surface area (Å²) in [5, 5.41) is 10.3. The number of sulfonamides is 1. The van der Waals surface area contributed by atoms with E-state index < -0.39 is 16.0 Å². The number of carbonyl (C=O) groups is 1. The molecule has 0 saturated heterocycles. The molecule has 7 nitrogen and oxygen atoms in total. The average molecular weight is 433 g/mol. The van der Waals surface area contributed by atoms with Crippen LogP contribution in [0.3, 0.4) is 0 Å². The molecule has 0 atom stereocenters. The number of carboxylic acid groups (broad SMARTS) is 1. The highest BCUT2D eigenvalue weighted by Crippen LogP contribution is 2.26. The molecule has 8 heteroatoms. The molecule has 2 aromatic carbocycles. The third-order valence-electron chi connectivity index (χ3n) is 4.65. The third kappa shape index (κ3) is 4.81. The monoisotopic (exact) mass is 433 g/mol. The molecule has 4 rings (SSSR count). The fraction of sp³-hybridized carbons (Fsp3) is 0.0435. The zero-order valence-corrected chi connectivity index (χ0v) is 17.1. The number of aromatic nitrogens is 2. The number of H-pyrrole nitrogens is 1. The largest absolute Gasteiger partial charge is 0.478 e. The van der Waals surface area contributed by atoms with Crippen molar-refractivity contribution in [3.63, 3.8) is 0 Å². The van der Waals surface area contributed by atoms with E-state index in [2.05, 4.69) is 14.7 Å². The predicted octanol–water partition coefficient (Wildman–Crippen LogP) is 4.13. The minimum absolute atomic E-state index is 0.122. The van der Waals surface area contributed by atoms with Crippen LogP contribution in [0.1, 0.15) is 16.7 Å². The molecule has 0 unspecified atom stereocenters. The number of fused-ring (bicyclic) bond motifs is 1. The number of hydrogen-bond acceptors (Lipinski definition) is 4. The Kier molecular flexibility index (Phi) is 5.55. The van der Waals surface area contributed by atoms with Crippen molar-refractivity contribution in [3.8, 4) is 0 Å². The number of carboxylic acids is 1. The SMILES string of the molecule is O=C(O)/C(=C/c1c[nH]c2ncc(NS(=O)(=O)Cc3ccccc3)cc12)c1ccccc1. The van der Waals surface area contributed by atoms with Crippen molar-refractivity contribution in [2.24, 2.45) is 0 Å². The molecule has 0 amide bonds. The standard InChI is InChI=1S/C23H19N3O4S/c27-23(28)21(17-9-5-2-6-10-17)11-18-13-24-22-20(18)12-19(14-25-22)26-31(29,30)15-16-7-3-1-4-8-16/h1-14,26H,15H2,(H,24,25)(H,27,28)/b21-11+. The van der Waals surface area contributed by atoms with E-state index in [1.54, 1.807) is 66.9 Å². The van der Waals surface area contributed by atoms with Crippen molar-refractivity contribution < 1.29 is 18.3 Å². The normalized spacial score (nSPS) is 12.1. The van der Waals surface area contributed by atoms with Crippen LogP contribution in [0.4, 0.5) is 5.69 Å². The molecule has 0 bridgehead atoms. The van der Waals surface area contributed by atoms with Gasteiger partial charge in [0, 0.05) is 17.1 Å². The van der Waals surface area contributed by atoms with Gasteiger partial charge in [-0.3, -0.25) is 4.72 Å². The van der Waals surface area contributed by atoms with E-state index in [4.69, 9.17) is 0 Å². The lowest BCUT2D eigenvalue weighted by Crippen LogP contribution is -2.15. The molecule has 31 heavy (non-hydrogen) atoms. The minimum Gasteiger partial charge on any atom is -0.478 e. The van der Waals surface area contributed by atoms with Crippen LogP contribution >= 0.6 is 0 Å². The molecular weight excluding hydrogens is 414 g/mol. The lowest BCUT2D eigenvalue weighted by atomic mass is 10.0. The fourth-order valence-corrected chi connectivity index (χ4v) is 4.42. The maximum Gasteiger partial charge on any atom is 0.336 e. The summed E-state index contributed by atoms with van der Waals surface area (Å²) < 4.78 is 27.6. The first-order chi connectivity index (χ1) is 14.9. The zero-order chi connectivity index (χ0) is 21.8. The average Bonchev–Trinajstić information content (AvgIpc) is 3.14. The predicted molar refractivity (Wildman–Crippen MR) is 121 cm³/mol. The molecule has 0 aliphatic rings. The maximum absolute atomic E-state index is 12.5. The highest BCUT2D eigenvalue weighted by atomic mass is 32.2. The Morgan fingerprint density at radius 3 is 2.42 bits per heavy atom. The third-order valence-corrected chi connectivity index (χ3v) is 5.91. The number of benzene rings is 2. The molecule has 2 heterocycles. The van der Waals surface area contributed by atoms with Gasteiger partial charge in [0.25, 0.3) is 0 Å². The van der Waals surface area contributed by atoms with Crippen LogP contribution in [0.15, 0.2) is 79.1 Å². The first kappa shape index (κ1) is 20.4. The van der Waals surface area contributed by atoms with Gasteiger partial charge in [0.05, 0.1) is 23.2 Å². The Hall–Kier alpha value is -3.91. The number of nitrogens with zero attached hydrogens (tertiary/aromatic N) is 1. The summed E-state index contributed by atoms with van der Waals surface area (Å²) in [5.41, 5.74) is 2.77. The summed E-state index contributed by atoms with van der Waals surface area (Å²) in [4.78, 5) is 19.1. The van der Waals surface area contributed by atoms with E-state index in [1.807, 2.05) is 12.1 Å². The molecular formula is C23H19N3O4S. The van der Waals surface area contributed by atoms with Crippen LogP contribution in [-0.2, 0) is 20.6 Å². The van der Waals surface area contributed by atoms with E-state index in [1.165, 1.54) is 6.20 Å². The van der Waals surface area contributed by atoms with Gasteiger partial charge in [0.15, 0.2) is 0 Å². The molecule has 0 spiro atoms. The number of aliphatic carboxylic acids is 1. The van der Waals surface area contributed by atoms with Crippen molar-refractivity contribution in [1.29, 1.82) is 0 Å². The van der Waals surface area contributed by atoms with Gasteiger partial charge in [0.1, 0.15) is 5.65 Å². The van der Waals surface area contributed by atoms with E-state index in [0.29, 0.717) is 33.4 Å². The summed E-state index contributed by atoms with van der Waals surface area (Å²) in [6.07, 6.45) is 4.61. The van der Waals surface area contributed by atoms with Crippen LogP contribution in [0, 0.1) is 0 Å². The lowest BCUT2D eigenvalue weighted by Gasteiger charge is -2.08. The Balaban J connectivity index is 1.67. The summed E-state index contributed by atoms with van der Waals surface area (Å²) in [6, 6.07) is 19.3. The first-order valence-corrected chi connectivity index (χ1v) is 11.1. The van der Waals surface area contributed by atoms with E-state index >= 15 is 0 Å². The minimum atomic E-state index is -3.64. The van der Waals surface area contributed by atoms with Gasteiger partial charge in [-0.25, -0.2) is 18.2 Å². The summed E-state index contributed by atoms with van der Waals surface area (Å²) >= 11 is 0. The summed E-state index contributed by atoms with van der Waals surface area (Å²) in [5.74, 6) is -1.23. The Bertz CT molecular complexity index is 1360. The summed E-state index contributed by atoms with van der Waals surface area (Å²) in [6.45, 7) is 0. The van der Waals surface area contributed by atoms with Gasteiger partial charge in [-0.15, -0.1) is 0 Å². The van der Waals surface area contributed by atoms with Crippen LogP contribution in [0.5, 0.6) is 0 Å². The van der Waals surface area contributed by atoms with Crippen LogP contribution in [0.2, 0.25) is 0 Å². The van der Waals surface area contributed by atoms with E-state index in [-0.39, 0.29) is 11.3 Å². The molecule has 0 saturated carbocycles. The molecule has 156 valence electrons. The number of nitrogens with one attached hydrogen (secondary N) is 2. The van der Waals surface area contributed by atoms with Crippen molar-refractivity contribution in [3.05, 3.63) is 95.8 Å². The highest BCUT2D eigenvalue weighted by Gasteiger charge is 2.15. The second-order valence-corrected chi connectivity index (χ2v) is 8.66. The molecule has 4 aromatic rings. The quantitative estimate of drug-likeness (QED) is 0.379. The van der Waals surface area contributed by atoms with Gasteiger partial charge in [-0.05, 0) is 23.3 Å². The lowest BCUT2D eigenvalue weighted by molar-refractivity contribution is -0.130. The summed E-state index contributed by atoms with van der Waals surface area (Å²) in [7, 11) is -3.64.